The molecule has 1 amide bonds. The highest BCUT2D eigenvalue weighted by Gasteiger charge is 2.26. The van der Waals surface area contributed by atoms with E-state index in [1.165, 1.54) is 34.0 Å². The fraction of sp³-hybridized carbons (Fsp3) is 0.234. The lowest BCUT2D eigenvalue weighted by Crippen LogP contribution is -2.40. The van der Waals surface area contributed by atoms with Crippen molar-refractivity contribution >= 4 is 115 Å². The van der Waals surface area contributed by atoms with Gasteiger partial charge in [-0.3, -0.25) is 24.5 Å². The van der Waals surface area contributed by atoms with E-state index in [1.807, 2.05) is 53.4 Å². The number of carboxylic acids is 1. The Hall–Kier alpha value is -6.86. The molecule has 0 radical (unpaired) electrons. The van der Waals surface area contributed by atoms with E-state index in [2.05, 4.69) is 15.0 Å². The average Bonchev–Trinajstić information content (AvgIpc) is 4.11. The standard InChI is InChI=1S/C18H18N2O4S.C15H13NO3S.C14H11NO4S/c1-22-15-12-10-13(18(21)20-6-8-24-9-7-20)25-17(12)16(23-2)11-4-3-5-19-14(11)15;1-8(17)11-7-10-13(18-2)12-9(5-4-6-16-12)14(19-3)15(10)20-11;1-18-11-8-6-9(14(16)17)20-13(8)12(19-2)7-4-3-5-15-10(7)11/h3-5,10H,6-9H2,1-2H3;4-7H,1-3H3;3-6H,1-2H3,(H,16,17). The summed E-state index contributed by atoms with van der Waals surface area (Å²) in [6, 6.07) is 16.6. The molecule has 18 heteroatoms. The van der Waals surface area contributed by atoms with Gasteiger partial charge in [0.2, 0.25) is 0 Å². The summed E-state index contributed by atoms with van der Waals surface area (Å²) in [5.41, 5.74) is 2.14. The van der Waals surface area contributed by atoms with E-state index >= 15 is 0 Å². The van der Waals surface area contributed by atoms with Gasteiger partial charge in [0.25, 0.3) is 5.91 Å². The quantitative estimate of drug-likeness (QED) is 0.135. The van der Waals surface area contributed by atoms with Crippen molar-refractivity contribution in [1.29, 1.82) is 0 Å². The molecular formula is C47H42N4O11S3. The first-order chi connectivity index (χ1) is 31.6. The molecule has 65 heavy (non-hydrogen) atoms. The van der Waals surface area contributed by atoms with Crippen molar-refractivity contribution in [2.45, 2.75) is 6.92 Å². The number of aromatic nitrogens is 3. The number of rotatable bonds is 9. The molecule has 0 bridgehead atoms. The first kappa shape index (κ1) is 44.7. The minimum atomic E-state index is -0.965. The van der Waals surface area contributed by atoms with Crippen molar-refractivity contribution in [3.05, 3.63) is 87.8 Å². The van der Waals surface area contributed by atoms with Crippen LogP contribution in [0, 0.1) is 0 Å². The van der Waals surface area contributed by atoms with E-state index < -0.39 is 5.97 Å². The van der Waals surface area contributed by atoms with Gasteiger partial charge in [0.1, 0.15) is 38.7 Å². The zero-order chi connectivity index (χ0) is 45.9. The molecule has 15 nitrogen and oxygen atoms in total. The van der Waals surface area contributed by atoms with E-state index in [9.17, 15) is 14.4 Å². The third-order valence-electron chi connectivity index (χ3n) is 10.6. The van der Waals surface area contributed by atoms with Crippen molar-refractivity contribution in [2.75, 3.05) is 69.0 Å². The number of methoxy groups -OCH3 is 6. The molecule has 1 aliphatic rings. The van der Waals surface area contributed by atoms with Crippen LogP contribution >= 0.6 is 34.0 Å². The number of hydrogen-bond acceptors (Lipinski definition) is 16. The summed E-state index contributed by atoms with van der Waals surface area (Å²) in [6.07, 6.45) is 5.11. The molecule has 0 aliphatic carbocycles. The molecule has 6 aromatic heterocycles. The van der Waals surface area contributed by atoms with Crippen LogP contribution in [0.1, 0.15) is 35.9 Å². The highest BCUT2D eigenvalue weighted by atomic mass is 32.1. The number of Topliss-reactive ketones (excluding diaryl/α,β-unsaturated/α-hetero) is 1. The number of carboxylic acid groups (broad SMARTS) is 1. The lowest BCUT2D eigenvalue weighted by molar-refractivity contribution is 0.0306. The molecule has 1 aliphatic heterocycles. The maximum Gasteiger partial charge on any atom is 0.345 e. The zero-order valence-corrected chi connectivity index (χ0v) is 38.7. The molecular weight excluding hydrogens is 893 g/mol. The molecule has 3 aromatic carbocycles. The number of pyridine rings is 3. The van der Waals surface area contributed by atoms with Gasteiger partial charge < -0.3 is 43.2 Å². The summed E-state index contributed by atoms with van der Waals surface area (Å²) in [5, 5.41) is 14.2. The largest absolute Gasteiger partial charge is 0.495 e. The lowest BCUT2D eigenvalue weighted by Gasteiger charge is -2.26. The van der Waals surface area contributed by atoms with Crippen LogP contribution in [-0.4, -0.2) is 112 Å². The predicted octanol–water partition coefficient (Wildman–Crippen LogP) is 9.77. The summed E-state index contributed by atoms with van der Waals surface area (Å²) in [5.74, 6) is 3.10. The second-order valence-corrected chi connectivity index (χ2v) is 17.4. The van der Waals surface area contributed by atoms with Gasteiger partial charge >= 0.3 is 5.97 Å². The number of fused-ring (bicyclic) bond motifs is 6. The zero-order valence-electron chi connectivity index (χ0n) is 36.3. The van der Waals surface area contributed by atoms with Crippen LogP contribution in [0.15, 0.2) is 73.2 Å². The number of carbonyl (C=O) groups is 3. The molecule has 0 spiro atoms. The number of carbonyl (C=O) groups excluding carboxylic acids is 2. The summed E-state index contributed by atoms with van der Waals surface area (Å²) < 4.78 is 41.1. The van der Waals surface area contributed by atoms with Gasteiger partial charge in [-0.25, -0.2) is 4.79 Å². The highest BCUT2D eigenvalue weighted by Crippen LogP contribution is 2.48. The normalized spacial score (nSPS) is 12.4. The fourth-order valence-electron chi connectivity index (χ4n) is 7.78. The van der Waals surface area contributed by atoms with E-state index in [-0.39, 0.29) is 16.6 Å². The van der Waals surface area contributed by atoms with Crippen LogP contribution in [0.2, 0.25) is 0 Å². The van der Waals surface area contributed by atoms with E-state index in [0.29, 0.717) is 70.0 Å². The number of ether oxygens (including phenoxy) is 7. The van der Waals surface area contributed by atoms with Gasteiger partial charge in [-0.2, -0.15) is 0 Å². The Balaban J connectivity index is 0.000000134. The van der Waals surface area contributed by atoms with Crippen LogP contribution in [0.4, 0.5) is 0 Å². The van der Waals surface area contributed by atoms with Gasteiger partial charge in [-0.05, 0) is 61.5 Å². The fourth-order valence-corrected chi connectivity index (χ4v) is 11.1. The Morgan fingerprint density at radius 3 is 1.26 bits per heavy atom. The Labute approximate surface area is 383 Å². The molecule has 334 valence electrons. The van der Waals surface area contributed by atoms with Crippen molar-refractivity contribution in [2.24, 2.45) is 0 Å². The van der Waals surface area contributed by atoms with Gasteiger partial charge in [-0.1, -0.05) is 0 Å². The predicted molar refractivity (Wildman–Crippen MR) is 254 cm³/mol. The average molecular weight is 935 g/mol. The van der Waals surface area contributed by atoms with Crippen LogP contribution < -0.4 is 28.4 Å². The highest BCUT2D eigenvalue weighted by molar-refractivity contribution is 7.22. The molecule has 1 saturated heterocycles. The number of thiophene rings is 3. The lowest BCUT2D eigenvalue weighted by atomic mass is 10.1. The number of nitrogens with zero attached hydrogens (tertiary/aromatic N) is 4. The van der Waals surface area contributed by atoms with Crippen molar-refractivity contribution < 1.29 is 52.6 Å². The molecule has 1 N–H and O–H groups in total. The Morgan fingerprint density at radius 2 is 0.892 bits per heavy atom. The molecule has 0 atom stereocenters. The maximum absolute atomic E-state index is 12.8. The maximum atomic E-state index is 12.8. The van der Waals surface area contributed by atoms with E-state index in [0.717, 1.165) is 63.6 Å². The molecule has 0 saturated carbocycles. The number of aromatic carboxylic acids is 1. The number of benzene rings is 3. The molecule has 1 fully saturated rings. The van der Waals surface area contributed by atoms with Crippen LogP contribution in [-0.2, 0) is 4.74 Å². The minimum Gasteiger partial charge on any atom is -0.495 e. The van der Waals surface area contributed by atoms with Gasteiger partial charge in [0, 0.05) is 64.0 Å². The van der Waals surface area contributed by atoms with Crippen LogP contribution in [0.5, 0.6) is 34.5 Å². The Bertz CT molecular complexity index is 2960. The molecule has 7 heterocycles. The smallest absolute Gasteiger partial charge is 0.345 e. The third-order valence-corrected chi connectivity index (χ3v) is 14.1. The van der Waals surface area contributed by atoms with E-state index in [4.69, 9.17) is 38.3 Å². The van der Waals surface area contributed by atoms with Gasteiger partial charge in [0.05, 0.1) is 79.7 Å². The topological polar surface area (TPSA) is 178 Å². The first-order valence-corrected chi connectivity index (χ1v) is 22.4. The molecule has 10 rings (SSSR count). The SMILES string of the molecule is COc1c2cc(C(=O)N3CCOCC3)sc2c(OC)c2cccnc12.COc1c2cc(C(=O)O)sc2c(OC)c2cccnc12.COc1c2cc(C(C)=O)sc2c(OC)c2cccnc12. The second-order valence-electron chi connectivity index (χ2n) is 14.2. The third kappa shape index (κ3) is 8.13. The first-order valence-electron chi connectivity index (χ1n) is 20.0. The van der Waals surface area contributed by atoms with Crippen molar-refractivity contribution in [3.8, 4) is 34.5 Å². The summed E-state index contributed by atoms with van der Waals surface area (Å²) >= 11 is 4.02. The Morgan fingerprint density at radius 1 is 0.538 bits per heavy atom. The number of morpholine rings is 1. The number of amides is 1. The van der Waals surface area contributed by atoms with Crippen LogP contribution in [0.25, 0.3) is 63.0 Å². The van der Waals surface area contributed by atoms with E-state index in [1.54, 1.807) is 74.2 Å². The van der Waals surface area contributed by atoms with Crippen LogP contribution in [0.3, 0.4) is 0 Å². The Kier molecular flexibility index (Phi) is 13.1. The van der Waals surface area contributed by atoms with Crippen molar-refractivity contribution in [1.82, 2.24) is 19.9 Å². The van der Waals surface area contributed by atoms with Gasteiger partial charge in [0.15, 0.2) is 23.0 Å². The summed E-state index contributed by atoms with van der Waals surface area (Å²) in [4.78, 5) is 52.2. The second kappa shape index (κ2) is 19.1. The monoisotopic (exact) mass is 934 g/mol. The van der Waals surface area contributed by atoms with Crippen molar-refractivity contribution in [3.63, 3.8) is 0 Å². The summed E-state index contributed by atoms with van der Waals surface area (Å²) in [6.45, 7) is 3.95. The summed E-state index contributed by atoms with van der Waals surface area (Å²) in [7, 11) is 9.61. The van der Waals surface area contributed by atoms with Gasteiger partial charge in [-0.15, -0.1) is 34.0 Å². The number of ketones is 1. The molecule has 9 aromatic rings. The molecule has 0 unspecified atom stereocenters. The minimum absolute atomic E-state index is 0.0191. The number of hydrogen-bond donors (Lipinski definition) is 1.